The minimum absolute atomic E-state index is 0.0231. The first-order valence-corrected chi connectivity index (χ1v) is 10.8. The number of rotatable bonds is 6. The van der Waals surface area contributed by atoms with Crippen molar-refractivity contribution in [1.29, 1.82) is 5.26 Å². The van der Waals surface area contributed by atoms with Crippen LogP contribution in [0.4, 0.5) is 5.69 Å². The molecule has 0 unspecified atom stereocenters. The zero-order chi connectivity index (χ0) is 24.2. The number of phenols is 2. The molecule has 34 heavy (non-hydrogen) atoms. The summed E-state index contributed by atoms with van der Waals surface area (Å²) in [6.45, 7) is 3.75. The van der Waals surface area contributed by atoms with E-state index in [2.05, 4.69) is 21.7 Å². The molecule has 0 fully saturated rings. The summed E-state index contributed by atoms with van der Waals surface area (Å²) in [5.74, 6) is -0.242. The van der Waals surface area contributed by atoms with E-state index in [9.17, 15) is 15.0 Å². The van der Waals surface area contributed by atoms with Crippen LogP contribution in [0.2, 0.25) is 0 Å². The zero-order valence-corrected chi connectivity index (χ0v) is 18.8. The number of nitriles is 1. The Morgan fingerprint density at radius 1 is 1.06 bits per heavy atom. The van der Waals surface area contributed by atoms with Crippen molar-refractivity contribution in [3.8, 4) is 40.1 Å². The van der Waals surface area contributed by atoms with E-state index in [4.69, 9.17) is 5.26 Å². The lowest BCUT2D eigenvalue weighted by Gasteiger charge is -2.12. The minimum atomic E-state index is -0.165. The first-order chi connectivity index (χ1) is 16.4. The third-order valence-electron chi connectivity index (χ3n) is 5.46. The quantitative estimate of drug-likeness (QED) is 0.396. The van der Waals surface area contributed by atoms with E-state index in [0.717, 1.165) is 11.1 Å². The van der Waals surface area contributed by atoms with Gasteiger partial charge in [0.25, 0.3) is 0 Å². The number of nitrogens with zero attached hydrogens (tertiary/aromatic N) is 4. The van der Waals surface area contributed by atoms with Crippen LogP contribution in [-0.2, 0) is 17.8 Å². The molecule has 0 saturated carbocycles. The average molecular weight is 454 g/mol. The van der Waals surface area contributed by atoms with Gasteiger partial charge in [-0.05, 0) is 47.9 Å². The number of hydrogen-bond donors (Lipinski definition) is 3. The summed E-state index contributed by atoms with van der Waals surface area (Å²) in [6.07, 6.45) is 0.583. The topological polar surface area (TPSA) is 124 Å². The standard InChI is InChI=1S/C26H23N5O3/c1-3-19-12-22(24(34)13-23(19)33)25-26(20-8-10-21(11-9-20)28-16(2)32)31(30-29-25)15-18-6-4-17(14-27)5-7-18/h4-13,33-34H,3,15H2,1-2H3,(H,28,32). The molecular weight excluding hydrogens is 430 g/mol. The summed E-state index contributed by atoms with van der Waals surface area (Å²) in [7, 11) is 0. The van der Waals surface area contributed by atoms with Gasteiger partial charge in [0, 0.05) is 29.8 Å². The second-order valence-corrected chi connectivity index (χ2v) is 7.86. The molecule has 0 spiro atoms. The molecule has 0 aliphatic rings. The third kappa shape index (κ3) is 4.59. The summed E-state index contributed by atoms with van der Waals surface area (Å²) >= 11 is 0. The Labute approximate surface area is 196 Å². The predicted molar refractivity (Wildman–Crippen MR) is 128 cm³/mol. The number of anilines is 1. The van der Waals surface area contributed by atoms with Gasteiger partial charge in [-0.15, -0.1) is 5.10 Å². The molecule has 0 bridgehead atoms. The molecule has 0 radical (unpaired) electrons. The van der Waals surface area contributed by atoms with E-state index in [1.54, 1.807) is 35.0 Å². The summed E-state index contributed by atoms with van der Waals surface area (Å²) < 4.78 is 1.72. The molecule has 4 aromatic rings. The SMILES string of the molecule is CCc1cc(-c2nnn(Cc3ccc(C#N)cc3)c2-c2ccc(NC(C)=O)cc2)c(O)cc1O. The van der Waals surface area contributed by atoms with Crippen LogP contribution < -0.4 is 5.32 Å². The number of carbonyl (C=O) groups is 1. The normalized spacial score (nSPS) is 10.6. The van der Waals surface area contributed by atoms with E-state index in [1.807, 2.05) is 31.2 Å². The molecular formula is C26H23N5O3. The highest BCUT2D eigenvalue weighted by Gasteiger charge is 2.21. The summed E-state index contributed by atoms with van der Waals surface area (Å²) in [4.78, 5) is 11.4. The number of phenolic OH excluding ortho intramolecular Hbond substituents is 2. The van der Waals surface area contributed by atoms with Gasteiger partial charge in [-0.1, -0.05) is 36.4 Å². The average Bonchev–Trinajstić information content (AvgIpc) is 3.23. The van der Waals surface area contributed by atoms with Crippen molar-refractivity contribution in [2.45, 2.75) is 26.8 Å². The molecule has 8 nitrogen and oxygen atoms in total. The lowest BCUT2D eigenvalue weighted by Crippen LogP contribution is -2.06. The smallest absolute Gasteiger partial charge is 0.221 e. The van der Waals surface area contributed by atoms with Crippen molar-refractivity contribution >= 4 is 11.6 Å². The van der Waals surface area contributed by atoms with Crippen molar-refractivity contribution in [1.82, 2.24) is 15.0 Å². The van der Waals surface area contributed by atoms with Gasteiger partial charge in [0.2, 0.25) is 5.91 Å². The molecule has 4 rings (SSSR count). The van der Waals surface area contributed by atoms with E-state index >= 15 is 0 Å². The number of hydrogen-bond acceptors (Lipinski definition) is 6. The zero-order valence-electron chi connectivity index (χ0n) is 18.8. The van der Waals surface area contributed by atoms with Gasteiger partial charge in [-0.3, -0.25) is 4.79 Å². The minimum Gasteiger partial charge on any atom is -0.508 e. The van der Waals surface area contributed by atoms with Crippen LogP contribution in [0.1, 0.15) is 30.5 Å². The number of benzene rings is 3. The van der Waals surface area contributed by atoms with Crippen LogP contribution in [0.25, 0.3) is 22.5 Å². The predicted octanol–water partition coefficient (Wildman–Crippen LogP) is 4.46. The maximum Gasteiger partial charge on any atom is 0.221 e. The number of aromatic hydroxyl groups is 2. The number of carbonyl (C=O) groups excluding carboxylic acids is 1. The summed E-state index contributed by atoms with van der Waals surface area (Å²) in [6, 6.07) is 19.6. The van der Waals surface area contributed by atoms with Crippen LogP contribution in [0.5, 0.6) is 11.5 Å². The van der Waals surface area contributed by atoms with Gasteiger partial charge < -0.3 is 15.5 Å². The Morgan fingerprint density at radius 3 is 2.38 bits per heavy atom. The highest BCUT2D eigenvalue weighted by Crippen LogP contribution is 2.39. The molecule has 8 heteroatoms. The van der Waals surface area contributed by atoms with Gasteiger partial charge in [-0.25, -0.2) is 4.68 Å². The van der Waals surface area contributed by atoms with Crippen molar-refractivity contribution < 1.29 is 15.0 Å². The van der Waals surface area contributed by atoms with Gasteiger partial charge in [0.15, 0.2) is 0 Å². The van der Waals surface area contributed by atoms with Crippen LogP contribution in [0.15, 0.2) is 60.7 Å². The molecule has 1 amide bonds. The molecule has 1 aromatic heterocycles. The third-order valence-corrected chi connectivity index (χ3v) is 5.46. The van der Waals surface area contributed by atoms with Crippen LogP contribution in [-0.4, -0.2) is 31.1 Å². The van der Waals surface area contributed by atoms with E-state index in [-0.39, 0.29) is 17.4 Å². The number of amides is 1. The van der Waals surface area contributed by atoms with Gasteiger partial charge in [0.05, 0.1) is 23.9 Å². The fourth-order valence-electron chi connectivity index (χ4n) is 3.76. The Bertz CT molecular complexity index is 1380. The molecule has 1 heterocycles. The van der Waals surface area contributed by atoms with Crippen molar-refractivity contribution in [2.24, 2.45) is 0 Å². The molecule has 0 aliphatic carbocycles. The first kappa shape index (κ1) is 22.6. The highest BCUT2D eigenvalue weighted by molar-refractivity contribution is 5.89. The molecule has 3 N–H and O–H groups in total. The largest absolute Gasteiger partial charge is 0.508 e. The summed E-state index contributed by atoms with van der Waals surface area (Å²) in [5.41, 5.74) is 5.21. The molecule has 0 aliphatic heterocycles. The lowest BCUT2D eigenvalue weighted by molar-refractivity contribution is -0.114. The fraction of sp³-hybridized carbons (Fsp3) is 0.154. The van der Waals surface area contributed by atoms with E-state index in [1.165, 1.54) is 13.0 Å². The Balaban J connectivity index is 1.84. The van der Waals surface area contributed by atoms with Gasteiger partial charge >= 0.3 is 0 Å². The van der Waals surface area contributed by atoms with Crippen LogP contribution in [0.3, 0.4) is 0 Å². The van der Waals surface area contributed by atoms with Crippen molar-refractivity contribution in [2.75, 3.05) is 5.32 Å². The second kappa shape index (κ2) is 9.46. The van der Waals surface area contributed by atoms with Crippen molar-refractivity contribution in [3.63, 3.8) is 0 Å². The molecule has 3 aromatic carbocycles. The summed E-state index contributed by atoms with van der Waals surface area (Å²) in [5, 5.41) is 41.3. The fourth-order valence-corrected chi connectivity index (χ4v) is 3.76. The monoisotopic (exact) mass is 453 g/mol. The Morgan fingerprint density at radius 2 is 1.76 bits per heavy atom. The maximum absolute atomic E-state index is 11.4. The maximum atomic E-state index is 11.4. The van der Waals surface area contributed by atoms with Crippen molar-refractivity contribution in [3.05, 3.63) is 77.4 Å². The van der Waals surface area contributed by atoms with Gasteiger partial charge in [-0.2, -0.15) is 5.26 Å². The number of nitrogens with one attached hydrogen (secondary N) is 1. The number of aryl methyl sites for hydroxylation is 1. The van der Waals surface area contributed by atoms with Crippen LogP contribution in [0, 0.1) is 11.3 Å². The van der Waals surface area contributed by atoms with E-state index < -0.39 is 0 Å². The Hall–Kier alpha value is -4.64. The van der Waals surface area contributed by atoms with Crippen LogP contribution >= 0.6 is 0 Å². The second-order valence-electron chi connectivity index (χ2n) is 7.86. The molecule has 0 atom stereocenters. The lowest BCUT2D eigenvalue weighted by atomic mass is 10.00. The first-order valence-electron chi connectivity index (χ1n) is 10.8. The van der Waals surface area contributed by atoms with E-state index in [0.29, 0.717) is 46.7 Å². The Kier molecular flexibility index (Phi) is 6.28. The number of aromatic nitrogens is 3. The molecule has 170 valence electrons. The molecule has 0 saturated heterocycles. The van der Waals surface area contributed by atoms with Gasteiger partial charge in [0.1, 0.15) is 17.2 Å². The highest BCUT2D eigenvalue weighted by atomic mass is 16.3.